The van der Waals surface area contributed by atoms with Crippen molar-refractivity contribution in [2.45, 2.75) is 12.9 Å². The molecule has 1 amide bonds. The van der Waals surface area contributed by atoms with E-state index in [0.29, 0.717) is 21.8 Å². The van der Waals surface area contributed by atoms with E-state index in [1.54, 1.807) is 0 Å². The van der Waals surface area contributed by atoms with Crippen molar-refractivity contribution in [1.82, 2.24) is 14.6 Å². The summed E-state index contributed by atoms with van der Waals surface area (Å²) < 4.78 is 52.5. The van der Waals surface area contributed by atoms with Crippen LogP contribution in [0.1, 0.15) is 40.3 Å². The Hall–Kier alpha value is -3.48. The molecule has 6 nitrogen and oxygen atoms in total. The summed E-state index contributed by atoms with van der Waals surface area (Å²) in [5.74, 6) is -0.737. The van der Waals surface area contributed by atoms with E-state index in [1.807, 2.05) is 6.07 Å². The Morgan fingerprint density at radius 3 is 2.38 bits per heavy atom. The van der Waals surface area contributed by atoms with Crippen LogP contribution in [0.3, 0.4) is 0 Å². The van der Waals surface area contributed by atoms with Crippen molar-refractivity contribution in [2.24, 2.45) is 0 Å². The Morgan fingerprint density at radius 1 is 1.12 bits per heavy atom. The molecule has 3 rings (SSSR count). The number of nitrogens with zero attached hydrogens (tertiary/aromatic N) is 4. The van der Waals surface area contributed by atoms with E-state index in [1.165, 1.54) is 24.3 Å². The minimum Gasteiger partial charge on any atom is -0.321 e. The van der Waals surface area contributed by atoms with E-state index in [4.69, 9.17) is 5.26 Å². The van der Waals surface area contributed by atoms with E-state index in [9.17, 15) is 22.4 Å². The molecule has 3 aromatic rings. The van der Waals surface area contributed by atoms with Crippen LogP contribution in [0, 0.1) is 11.3 Å². The van der Waals surface area contributed by atoms with Crippen LogP contribution < -0.4 is 5.32 Å². The zero-order chi connectivity index (χ0) is 18.8. The van der Waals surface area contributed by atoms with Crippen LogP contribution in [0.5, 0.6) is 0 Å². The number of halogens is 4. The quantitative estimate of drug-likeness (QED) is 0.716. The lowest BCUT2D eigenvalue weighted by molar-refractivity contribution is 0.102. The summed E-state index contributed by atoms with van der Waals surface area (Å²) in [5, 5.41) is 14.9. The van der Waals surface area contributed by atoms with Gasteiger partial charge in [-0.1, -0.05) is 0 Å². The molecule has 132 valence electrons. The SMILES string of the molecule is N#Cc1ccc(NC(=O)c2cc3nc(C(F)F)cc(C(F)F)n3n2)cc1. The molecule has 2 heterocycles. The predicted octanol–water partition coefficient (Wildman–Crippen LogP) is 3.73. The van der Waals surface area contributed by atoms with E-state index in [2.05, 4.69) is 15.4 Å². The van der Waals surface area contributed by atoms with Crippen LogP contribution in [-0.2, 0) is 0 Å². The van der Waals surface area contributed by atoms with Gasteiger partial charge in [0.15, 0.2) is 11.3 Å². The maximum atomic E-state index is 13.1. The molecule has 0 aliphatic carbocycles. The smallest absolute Gasteiger partial charge is 0.280 e. The zero-order valence-corrected chi connectivity index (χ0v) is 12.8. The van der Waals surface area contributed by atoms with Crippen LogP contribution in [0.25, 0.3) is 5.65 Å². The van der Waals surface area contributed by atoms with Gasteiger partial charge in [0.05, 0.1) is 11.6 Å². The summed E-state index contributed by atoms with van der Waals surface area (Å²) in [5.41, 5.74) is -1.44. The number of nitriles is 1. The highest BCUT2D eigenvalue weighted by molar-refractivity contribution is 6.03. The maximum Gasteiger partial charge on any atom is 0.280 e. The fourth-order valence-corrected chi connectivity index (χ4v) is 2.22. The number of carbonyl (C=O) groups is 1. The average molecular weight is 363 g/mol. The number of rotatable bonds is 4. The van der Waals surface area contributed by atoms with Crippen LogP contribution in [0.15, 0.2) is 36.4 Å². The monoisotopic (exact) mass is 363 g/mol. The van der Waals surface area contributed by atoms with Crippen LogP contribution in [0.2, 0.25) is 0 Å². The lowest BCUT2D eigenvalue weighted by Crippen LogP contribution is -2.13. The largest absolute Gasteiger partial charge is 0.321 e. The van der Waals surface area contributed by atoms with Gasteiger partial charge in [-0.3, -0.25) is 4.79 Å². The Kier molecular flexibility index (Phi) is 4.53. The van der Waals surface area contributed by atoms with Gasteiger partial charge in [-0.25, -0.2) is 27.1 Å². The number of amides is 1. The number of alkyl halides is 4. The summed E-state index contributed by atoms with van der Waals surface area (Å²) in [7, 11) is 0. The van der Waals surface area contributed by atoms with Gasteiger partial charge in [0.25, 0.3) is 18.8 Å². The molecule has 0 radical (unpaired) electrons. The second-order valence-electron chi connectivity index (χ2n) is 5.15. The zero-order valence-electron chi connectivity index (χ0n) is 12.8. The molecule has 0 fully saturated rings. The summed E-state index contributed by atoms with van der Waals surface area (Å²) in [6, 6.07) is 9.42. The lowest BCUT2D eigenvalue weighted by atomic mass is 10.2. The maximum absolute atomic E-state index is 13.1. The number of aromatic nitrogens is 3. The summed E-state index contributed by atoms with van der Waals surface area (Å²) in [4.78, 5) is 15.8. The van der Waals surface area contributed by atoms with Gasteiger partial charge in [-0.05, 0) is 30.3 Å². The van der Waals surface area contributed by atoms with Crippen molar-refractivity contribution in [3.63, 3.8) is 0 Å². The first-order valence-electron chi connectivity index (χ1n) is 7.17. The molecule has 0 aliphatic rings. The molecule has 1 N–H and O–H groups in total. The lowest BCUT2D eigenvalue weighted by Gasteiger charge is -2.06. The summed E-state index contributed by atoms with van der Waals surface area (Å²) in [6.45, 7) is 0. The number of fused-ring (bicyclic) bond motifs is 1. The first kappa shape index (κ1) is 17.3. The molecule has 0 unspecified atom stereocenters. The predicted molar refractivity (Wildman–Crippen MR) is 82.0 cm³/mol. The summed E-state index contributed by atoms with van der Waals surface area (Å²) in [6.07, 6.45) is -6.12. The minimum atomic E-state index is -3.08. The number of carbonyl (C=O) groups excluding carboxylic acids is 1. The van der Waals surface area contributed by atoms with Gasteiger partial charge in [-0.2, -0.15) is 10.4 Å². The van der Waals surface area contributed by atoms with E-state index in [-0.39, 0.29) is 11.3 Å². The first-order valence-corrected chi connectivity index (χ1v) is 7.17. The van der Waals surface area contributed by atoms with Crippen LogP contribution >= 0.6 is 0 Å². The number of hydrogen-bond acceptors (Lipinski definition) is 4. The van der Waals surface area contributed by atoms with Crippen molar-refractivity contribution >= 4 is 17.2 Å². The molecule has 26 heavy (non-hydrogen) atoms. The topological polar surface area (TPSA) is 83.1 Å². The molecule has 10 heteroatoms. The molecule has 0 aliphatic heterocycles. The molecular formula is C16H9F4N5O. The van der Waals surface area contributed by atoms with Crippen molar-refractivity contribution in [3.8, 4) is 6.07 Å². The Labute approximate surface area is 143 Å². The first-order chi connectivity index (χ1) is 12.4. The van der Waals surface area contributed by atoms with E-state index >= 15 is 0 Å². The molecule has 0 atom stereocenters. The molecule has 0 saturated heterocycles. The molecule has 2 aromatic heterocycles. The highest BCUT2D eigenvalue weighted by atomic mass is 19.3. The highest BCUT2D eigenvalue weighted by Gasteiger charge is 2.22. The number of nitrogens with one attached hydrogen (secondary N) is 1. The van der Waals surface area contributed by atoms with E-state index in [0.717, 1.165) is 6.07 Å². The number of benzene rings is 1. The van der Waals surface area contributed by atoms with Gasteiger partial charge < -0.3 is 5.32 Å². The molecule has 0 bridgehead atoms. The third-order valence-electron chi connectivity index (χ3n) is 3.43. The molecule has 0 spiro atoms. The van der Waals surface area contributed by atoms with Crippen molar-refractivity contribution < 1.29 is 22.4 Å². The minimum absolute atomic E-state index is 0.268. The molecule has 0 saturated carbocycles. The Balaban J connectivity index is 1.95. The molecule has 1 aromatic carbocycles. The van der Waals surface area contributed by atoms with Gasteiger partial charge in [-0.15, -0.1) is 0 Å². The van der Waals surface area contributed by atoms with Crippen molar-refractivity contribution in [1.29, 1.82) is 5.26 Å². The van der Waals surface area contributed by atoms with Crippen LogP contribution in [0.4, 0.5) is 23.2 Å². The Bertz CT molecular complexity index is 1010. The fourth-order valence-electron chi connectivity index (χ4n) is 2.22. The number of hydrogen-bond donors (Lipinski definition) is 1. The van der Waals surface area contributed by atoms with Gasteiger partial charge in [0.1, 0.15) is 11.4 Å². The normalized spacial score (nSPS) is 11.1. The number of anilines is 1. The second-order valence-corrected chi connectivity index (χ2v) is 5.15. The van der Waals surface area contributed by atoms with Gasteiger partial charge in [0, 0.05) is 11.8 Å². The Morgan fingerprint density at radius 2 is 1.81 bits per heavy atom. The fraction of sp³-hybridized carbons (Fsp3) is 0.125. The second kappa shape index (κ2) is 6.79. The standard InChI is InChI=1S/C16H9F4N5O/c17-14(18)10-5-12(15(19)20)25-13(23-10)6-11(24-25)16(26)22-9-3-1-8(7-21)2-4-9/h1-6,14-15H,(H,22,26). The third-order valence-corrected chi connectivity index (χ3v) is 3.43. The van der Waals surface area contributed by atoms with Crippen LogP contribution in [-0.4, -0.2) is 20.5 Å². The highest BCUT2D eigenvalue weighted by Crippen LogP contribution is 2.25. The van der Waals surface area contributed by atoms with Gasteiger partial charge in [0.2, 0.25) is 0 Å². The molecular weight excluding hydrogens is 354 g/mol. The van der Waals surface area contributed by atoms with Crippen molar-refractivity contribution in [3.05, 3.63) is 59.0 Å². The van der Waals surface area contributed by atoms with Crippen molar-refractivity contribution in [2.75, 3.05) is 5.32 Å². The summed E-state index contributed by atoms with van der Waals surface area (Å²) >= 11 is 0. The van der Waals surface area contributed by atoms with E-state index < -0.39 is 30.1 Å². The average Bonchev–Trinajstić information content (AvgIpc) is 3.05. The third kappa shape index (κ3) is 3.32. The van der Waals surface area contributed by atoms with Gasteiger partial charge >= 0.3 is 0 Å².